The number of benzene rings is 9. The highest BCUT2D eigenvalue weighted by Gasteiger charge is 2.17. The Labute approximate surface area is 268 Å². The Bertz CT molecular complexity index is 2500. The molecule has 9 rings (SSSR count). The standard InChI is InChI=1S/C46H30/c1-2-10-31(11-3-1)36-24-25-39-30-40(27-26-38(39)29-36)46-43-16-8-6-14-41(43)45(42-15-7-9-17-44(42)46)34-21-18-33(19-22-34)37-23-20-32-12-4-5-13-35(32)28-37/h1-30H. The van der Waals surface area contributed by atoms with E-state index >= 15 is 0 Å². The summed E-state index contributed by atoms with van der Waals surface area (Å²) in [7, 11) is 0. The lowest BCUT2D eigenvalue weighted by Crippen LogP contribution is -1.91. The molecular formula is C46H30. The Morgan fingerprint density at radius 1 is 0.196 bits per heavy atom. The molecule has 9 aromatic rings. The quantitative estimate of drug-likeness (QED) is 0.181. The molecule has 0 spiro atoms. The molecule has 0 aliphatic carbocycles. The van der Waals surface area contributed by atoms with Crippen LogP contribution in [0.4, 0.5) is 0 Å². The van der Waals surface area contributed by atoms with E-state index in [0.717, 1.165) is 0 Å². The van der Waals surface area contributed by atoms with Gasteiger partial charge in [0, 0.05) is 0 Å². The molecule has 0 nitrogen and oxygen atoms in total. The molecule has 0 radical (unpaired) electrons. The molecule has 0 aliphatic rings. The van der Waals surface area contributed by atoms with Crippen molar-refractivity contribution in [2.75, 3.05) is 0 Å². The summed E-state index contributed by atoms with van der Waals surface area (Å²) < 4.78 is 0. The maximum Gasteiger partial charge on any atom is -0.00262 e. The van der Waals surface area contributed by atoms with Gasteiger partial charge in [0.25, 0.3) is 0 Å². The minimum absolute atomic E-state index is 1.23. The molecule has 0 unspecified atom stereocenters. The predicted molar refractivity (Wildman–Crippen MR) is 198 cm³/mol. The molecule has 0 aromatic heterocycles. The van der Waals surface area contributed by atoms with Gasteiger partial charge in [-0.05, 0) is 106 Å². The highest BCUT2D eigenvalue weighted by Crippen LogP contribution is 2.44. The monoisotopic (exact) mass is 582 g/mol. The SMILES string of the molecule is c1ccc(-c2ccc3cc(-c4c5ccccc5c(-c5ccc(-c6ccc7ccccc7c6)cc5)c5ccccc45)ccc3c2)cc1. The Hall–Kier alpha value is -5.98. The Morgan fingerprint density at radius 3 is 1.13 bits per heavy atom. The highest BCUT2D eigenvalue weighted by atomic mass is 14.2. The smallest absolute Gasteiger partial charge is 0.00262 e. The van der Waals surface area contributed by atoms with Crippen molar-refractivity contribution in [1.29, 1.82) is 0 Å². The van der Waals surface area contributed by atoms with Crippen LogP contribution in [-0.2, 0) is 0 Å². The van der Waals surface area contributed by atoms with Crippen LogP contribution in [0.1, 0.15) is 0 Å². The summed E-state index contributed by atoms with van der Waals surface area (Å²) in [5, 5.41) is 10.1. The van der Waals surface area contributed by atoms with Gasteiger partial charge in [-0.3, -0.25) is 0 Å². The topological polar surface area (TPSA) is 0 Å². The fourth-order valence-corrected chi connectivity index (χ4v) is 7.16. The van der Waals surface area contributed by atoms with Gasteiger partial charge < -0.3 is 0 Å². The van der Waals surface area contributed by atoms with Crippen molar-refractivity contribution in [1.82, 2.24) is 0 Å². The summed E-state index contributed by atoms with van der Waals surface area (Å²) in [4.78, 5) is 0. The van der Waals surface area contributed by atoms with Crippen LogP contribution in [0.5, 0.6) is 0 Å². The minimum Gasteiger partial charge on any atom is -0.0622 e. The van der Waals surface area contributed by atoms with Gasteiger partial charge >= 0.3 is 0 Å². The van der Waals surface area contributed by atoms with Gasteiger partial charge in [-0.25, -0.2) is 0 Å². The molecule has 0 heterocycles. The van der Waals surface area contributed by atoms with Crippen molar-refractivity contribution in [3.8, 4) is 44.5 Å². The summed E-state index contributed by atoms with van der Waals surface area (Å²) in [6.07, 6.45) is 0. The first-order valence-corrected chi connectivity index (χ1v) is 15.9. The third kappa shape index (κ3) is 4.47. The molecule has 214 valence electrons. The summed E-state index contributed by atoms with van der Waals surface area (Å²) in [6.45, 7) is 0. The van der Waals surface area contributed by atoms with Crippen molar-refractivity contribution < 1.29 is 0 Å². The van der Waals surface area contributed by atoms with Gasteiger partial charge in [-0.2, -0.15) is 0 Å². The molecule has 9 aromatic carbocycles. The summed E-state index contributed by atoms with van der Waals surface area (Å²) in [5.74, 6) is 0. The maximum atomic E-state index is 2.36. The van der Waals surface area contributed by atoms with E-state index in [2.05, 4.69) is 182 Å². The van der Waals surface area contributed by atoms with Gasteiger partial charge in [0.1, 0.15) is 0 Å². The Kier molecular flexibility index (Phi) is 6.25. The normalized spacial score (nSPS) is 11.5. The predicted octanol–water partition coefficient (Wildman–Crippen LogP) is 13.0. The van der Waals surface area contributed by atoms with E-state index in [9.17, 15) is 0 Å². The average molecular weight is 583 g/mol. The van der Waals surface area contributed by atoms with Crippen molar-refractivity contribution >= 4 is 43.1 Å². The second kappa shape index (κ2) is 10.9. The fraction of sp³-hybridized carbons (Fsp3) is 0. The van der Waals surface area contributed by atoms with Crippen molar-refractivity contribution in [2.45, 2.75) is 0 Å². The first-order chi connectivity index (χ1) is 22.8. The van der Waals surface area contributed by atoms with Gasteiger partial charge in [0.15, 0.2) is 0 Å². The van der Waals surface area contributed by atoms with E-state index < -0.39 is 0 Å². The van der Waals surface area contributed by atoms with E-state index in [-0.39, 0.29) is 0 Å². The van der Waals surface area contributed by atoms with Crippen LogP contribution in [0.15, 0.2) is 182 Å². The van der Waals surface area contributed by atoms with Crippen molar-refractivity contribution in [2.24, 2.45) is 0 Å². The molecule has 0 amide bonds. The van der Waals surface area contributed by atoms with Crippen molar-refractivity contribution in [3.05, 3.63) is 182 Å². The number of hydrogen-bond donors (Lipinski definition) is 0. The van der Waals surface area contributed by atoms with Crippen LogP contribution in [0.3, 0.4) is 0 Å². The molecule has 0 saturated carbocycles. The van der Waals surface area contributed by atoms with Crippen LogP contribution in [0.25, 0.3) is 87.6 Å². The second-order valence-electron chi connectivity index (χ2n) is 12.1. The van der Waals surface area contributed by atoms with Gasteiger partial charge in [0.2, 0.25) is 0 Å². The molecule has 0 bridgehead atoms. The third-order valence-corrected chi connectivity index (χ3v) is 9.42. The van der Waals surface area contributed by atoms with Crippen LogP contribution in [0.2, 0.25) is 0 Å². The molecule has 0 saturated heterocycles. The Balaban J connectivity index is 1.19. The molecule has 0 atom stereocenters. The summed E-state index contributed by atoms with van der Waals surface area (Å²) in [6, 6.07) is 66.5. The van der Waals surface area contributed by atoms with Gasteiger partial charge in [-0.15, -0.1) is 0 Å². The number of hydrogen-bond acceptors (Lipinski definition) is 0. The first-order valence-electron chi connectivity index (χ1n) is 15.9. The number of rotatable bonds is 4. The molecule has 0 heteroatoms. The van der Waals surface area contributed by atoms with Crippen LogP contribution < -0.4 is 0 Å². The molecule has 0 fully saturated rings. The molecular weight excluding hydrogens is 553 g/mol. The lowest BCUT2D eigenvalue weighted by atomic mass is 9.85. The highest BCUT2D eigenvalue weighted by molar-refractivity contribution is 6.21. The van der Waals surface area contributed by atoms with E-state index in [1.54, 1.807) is 0 Å². The van der Waals surface area contributed by atoms with Crippen LogP contribution >= 0.6 is 0 Å². The van der Waals surface area contributed by atoms with E-state index in [1.807, 2.05) is 0 Å². The number of fused-ring (bicyclic) bond motifs is 4. The average Bonchev–Trinajstić information content (AvgIpc) is 3.13. The van der Waals surface area contributed by atoms with E-state index in [4.69, 9.17) is 0 Å². The summed E-state index contributed by atoms with van der Waals surface area (Å²) >= 11 is 0. The van der Waals surface area contributed by atoms with Crippen LogP contribution in [-0.4, -0.2) is 0 Å². The van der Waals surface area contributed by atoms with Crippen LogP contribution in [0, 0.1) is 0 Å². The minimum atomic E-state index is 1.23. The zero-order chi connectivity index (χ0) is 30.5. The van der Waals surface area contributed by atoms with Crippen molar-refractivity contribution in [3.63, 3.8) is 0 Å². The summed E-state index contributed by atoms with van der Waals surface area (Å²) in [5.41, 5.74) is 10.00. The van der Waals surface area contributed by atoms with Gasteiger partial charge in [0.05, 0.1) is 0 Å². The van der Waals surface area contributed by atoms with E-state index in [1.165, 1.54) is 87.6 Å². The Morgan fingerprint density at radius 2 is 0.543 bits per heavy atom. The first kappa shape index (κ1) is 26.4. The van der Waals surface area contributed by atoms with Gasteiger partial charge in [-0.1, -0.05) is 164 Å². The zero-order valence-electron chi connectivity index (χ0n) is 25.3. The molecule has 0 N–H and O–H groups in total. The lowest BCUT2D eigenvalue weighted by molar-refractivity contribution is 1.63. The second-order valence-corrected chi connectivity index (χ2v) is 12.1. The zero-order valence-corrected chi connectivity index (χ0v) is 25.3. The largest absolute Gasteiger partial charge is 0.0622 e. The third-order valence-electron chi connectivity index (χ3n) is 9.42. The molecule has 46 heavy (non-hydrogen) atoms. The molecule has 0 aliphatic heterocycles. The lowest BCUT2D eigenvalue weighted by Gasteiger charge is -2.18. The fourth-order valence-electron chi connectivity index (χ4n) is 7.16. The van der Waals surface area contributed by atoms with E-state index in [0.29, 0.717) is 0 Å². The maximum absolute atomic E-state index is 2.36.